The summed E-state index contributed by atoms with van der Waals surface area (Å²) in [6.45, 7) is 1.85. The van der Waals surface area contributed by atoms with Crippen molar-refractivity contribution < 1.29 is 33.1 Å². The fourth-order valence-electron chi connectivity index (χ4n) is 5.39. The standard InChI is InChI=1S/C28H31F2N3O5/c1-17-6-5-9-19(14-17)27(37)32-12-13-33(28(38)20-10-11-21(29)22(30)15-20)26(32)25(36)31-23(16-24(34)35)18-7-3-2-4-8-18/h5-6,9-11,14-15,18,23,26H,2-4,7-8,12-13,16H2,1H3,(H,31,36)(H,34,35). The number of nitrogens with one attached hydrogen (secondary N) is 1. The van der Waals surface area contributed by atoms with Gasteiger partial charge in [0.25, 0.3) is 17.7 Å². The number of carbonyl (C=O) groups is 4. The summed E-state index contributed by atoms with van der Waals surface area (Å²) in [4.78, 5) is 54.6. The van der Waals surface area contributed by atoms with Gasteiger partial charge < -0.3 is 20.2 Å². The maximum atomic E-state index is 13.9. The summed E-state index contributed by atoms with van der Waals surface area (Å²) in [6.07, 6.45) is 2.77. The number of halogens is 2. The topological polar surface area (TPSA) is 107 Å². The van der Waals surface area contributed by atoms with Crippen LogP contribution < -0.4 is 5.32 Å². The van der Waals surface area contributed by atoms with Crippen LogP contribution in [0.4, 0.5) is 8.78 Å². The molecule has 1 aliphatic heterocycles. The van der Waals surface area contributed by atoms with E-state index in [0.717, 1.165) is 60.8 Å². The smallest absolute Gasteiger partial charge is 0.305 e. The van der Waals surface area contributed by atoms with Gasteiger partial charge in [0.05, 0.1) is 6.42 Å². The van der Waals surface area contributed by atoms with E-state index < -0.39 is 47.5 Å². The third-order valence-corrected chi connectivity index (χ3v) is 7.30. The monoisotopic (exact) mass is 527 g/mol. The minimum Gasteiger partial charge on any atom is -0.481 e. The van der Waals surface area contributed by atoms with E-state index in [-0.39, 0.29) is 31.0 Å². The van der Waals surface area contributed by atoms with Gasteiger partial charge in [0.1, 0.15) is 0 Å². The Morgan fingerprint density at radius 3 is 2.13 bits per heavy atom. The Kier molecular flexibility index (Phi) is 8.38. The van der Waals surface area contributed by atoms with Crippen LogP contribution in [0.1, 0.15) is 64.8 Å². The number of amides is 3. The van der Waals surface area contributed by atoms with Crippen molar-refractivity contribution in [2.75, 3.05) is 13.1 Å². The highest BCUT2D eigenvalue weighted by molar-refractivity contribution is 6.02. The zero-order valence-electron chi connectivity index (χ0n) is 21.2. The van der Waals surface area contributed by atoms with Crippen molar-refractivity contribution in [2.24, 2.45) is 5.92 Å². The number of hydrogen-bond acceptors (Lipinski definition) is 4. The molecule has 0 bridgehead atoms. The first kappa shape index (κ1) is 27.2. The third kappa shape index (κ3) is 6.00. The van der Waals surface area contributed by atoms with Crippen molar-refractivity contribution in [3.8, 4) is 0 Å². The van der Waals surface area contributed by atoms with Gasteiger partial charge in [0.15, 0.2) is 17.8 Å². The number of hydrogen-bond donors (Lipinski definition) is 2. The second-order valence-corrected chi connectivity index (χ2v) is 9.98. The molecule has 1 saturated carbocycles. The number of aryl methyl sites for hydroxylation is 1. The van der Waals surface area contributed by atoms with Gasteiger partial charge in [-0.25, -0.2) is 8.78 Å². The summed E-state index contributed by atoms with van der Waals surface area (Å²) in [5, 5.41) is 12.3. The second-order valence-electron chi connectivity index (χ2n) is 9.98. The minimum atomic E-state index is -1.39. The highest BCUT2D eigenvalue weighted by Crippen LogP contribution is 2.29. The average molecular weight is 528 g/mol. The summed E-state index contributed by atoms with van der Waals surface area (Å²) < 4.78 is 27.4. The maximum Gasteiger partial charge on any atom is 0.305 e. The Labute approximate surface area is 219 Å². The maximum absolute atomic E-state index is 13.9. The zero-order chi connectivity index (χ0) is 27.4. The average Bonchev–Trinajstić information content (AvgIpc) is 3.34. The number of benzene rings is 2. The molecule has 2 aliphatic rings. The van der Waals surface area contributed by atoms with Gasteiger partial charge in [0.2, 0.25) is 0 Å². The van der Waals surface area contributed by atoms with Gasteiger partial charge in [-0.05, 0) is 56.0 Å². The van der Waals surface area contributed by atoms with Crippen LogP contribution in [0.15, 0.2) is 42.5 Å². The predicted molar refractivity (Wildman–Crippen MR) is 134 cm³/mol. The molecule has 38 heavy (non-hydrogen) atoms. The molecule has 2 atom stereocenters. The van der Waals surface area contributed by atoms with Gasteiger partial charge in [-0.3, -0.25) is 19.2 Å². The molecule has 0 spiro atoms. The number of carboxylic acid groups (broad SMARTS) is 1. The Hall–Kier alpha value is -3.82. The van der Waals surface area contributed by atoms with E-state index in [1.54, 1.807) is 18.2 Å². The SMILES string of the molecule is Cc1cccc(C(=O)N2CCN(C(=O)c3ccc(F)c(F)c3)C2C(=O)NC(CC(=O)O)C2CCCCC2)c1. The molecule has 2 fully saturated rings. The molecule has 1 saturated heterocycles. The van der Waals surface area contributed by atoms with Crippen molar-refractivity contribution in [3.05, 3.63) is 70.8 Å². The number of aliphatic carboxylic acids is 1. The Morgan fingerprint density at radius 1 is 0.921 bits per heavy atom. The minimum absolute atomic E-state index is 0.0134. The third-order valence-electron chi connectivity index (χ3n) is 7.30. The van der Waals surface area contributed by atoms with E-state index in [1.807, 2.05) is 13.0 Å². The lowest BCUT2D eigenvalue weighted by molar-refractivity contribution is -0.138. The van der Waals surface area contributed by atoms with Crippen LogP contribution in [0.25, 0.3) is 0 Å². The van der Waals surface area contributed by atoms with Crippen LogP contribution in [0.5, 0.6) is 0 Å². The quantitative estimate of drug-likeness (QED) is 0.571. The second kappa shape index (κ2) is 11.7. The van der Waals surface area contributed by atoms with E-state index in [9.17, 15) is 33.1 Å². The first-order chi connectivity index (χ1) is 18.2. The first-order valence-corrected chi connectivity index (χ1v) is 12.8. The Morgan fingerprint density at radius 2 is 1.55 bits per heavy atom. The van der Waals surface area contributed by atoms with Gasteiger partial charge in [-0.2, -0.15) is 0 Å². The molecule has 2 unspecified atom stereocenters. The lowest BCUT2D eigenvalue weighted by atomic mass is 9.82. The van der Waals surface area contributed by atoms with Crippen molar-refractivity contribution in [1.29, 1.82) is 0 Å². The van der Waals surface area contributed by atoms with Crippen molar-refractivity contribution >= 4 is 23.7 Å². The fraction of sp³-hybridized carbons (Fsp3) is 0.429. The van der Waals surface area contributed by atoms with Crippen molar-refractivity contribution in [2.45, 2.75) is 57.7 Å². The summed E-state index contributed by atoms with van der Waals surface area (Å²) in [6, 6.07) is 8.86. The lowest BCUT2D eigenvalue weighted by Crippen LogP contribution is -2.57. The van der Waals surface area contributed by atoms with Gasteiger partial charge in [-0.15, -0.1) is 0 Å². The Bertz CT molecular complexity index is 1230. The fourth-order valence-corrected chi connectivity index (χ4v) is 5.39. The molecule has 202 valence electrons. The normalized spacial score (nSPS) is 18.8. The molecule has 0 aromatic heterocycles. The molecule has 2 aromatic rings. The van der Waals surface area contributed by atoms with Crippen molar-refractivity contribution in [1.82, 2.24) is 15.1 Å². The highest BCUT2D eigenvalue weighted by atomic mass is 19.2. The van der Waals surface area contributed by atoms with Gasteiger partial charge in [0, 0.05) is 30.3 Å². The molecule has 4 rings (SSSR count). The molecule has 0 radical (unpaired) electrons. The molecule has 1 heterocycles. The molecular weight excluding hydrogens is 496 g/mol. The van der Waals surface area contributed by atoms with Crippen LogP contribution in [-0.4, -0.2) is 63.9 Å². The summed E-state index contributed by atoms with van der Waals surface area (Å²) >= 11 is 0. The summed E-state index contributed by atoms with van der Waals surface area (Å²) in [5.41, 5.74) is 1.00. The van der Waals surface area contributed by atoms with E-state index in [0.29, 0.717) is 5.56 Å². The number of nitrogens with zero attached hydrogens (tertiary/aromatic N) is 2. The molecule has 2 aromatic carbocycles. The predicted octanol–water partition coefficient (Wildman–Crippen LogP) is 3.74. The molecule has 3 amide bonds. The summed E-state index contributed by atoms with van der Waals surface area (Å²) in [5.74, 6) is -5.31. The largest absolute Gasteiger partial charge is 0.481 e. The number of rotatable bonds is 7. The van der Waals surface area contributed by atoms with Crippen LogP contribution in [-0.2, 0) is 9.59 Å². The van der Waals surface area contributed by atoms with Gasteiger partial charge in [-0.1, -0.05) is 37.0 Å². The Balaban J connectivity index is 1.66. The van der Waals surface area contributed by atoms with Crippen LogP contribution >= 0.6 is 0 Å². The zero-order valence-corrected chi connectivity index (χ0v) is 21.2. The van der Waals surface area contributed by atoms with Crippen molar-refractivity contribution in [3.63, 3.8) is 0 Å². The van der Waals surface area contributed by atoms with E-state index >= 15 is 0 Å². The van der Waals surface area contributed by atoms with E-state index in [2.05, 4.69) is 5.32 Å². The lowest BCUT2D eigenvalue weighted by Gasteiger charge is -2.34. The molecular formula is C28H31F2N3O5. The molecule has 10 heteroatoms. The molecule has 2 N–H and O–H groups in total. The first-order valence-electron chi connectivity index (χ1n) is 12.8. The van der Waals surface area contributed by atoms with Crippen LogP contribution in [0.2, 0.25) is 0 Å². The van der Waals surface area contributed by atoms with E-state index in [4.69, 9.17) is 0 Å². The highest BCUT2D eigenvalue weighted by Gasteiger charge is 2.44. The van der Waals surface area contributed by atoms with Crippen LogP contribution in [0, 0.1) is 24.5 Å². The summed E-state index contributed by atoms with van der Waals surface area (Å²) in [7, 11) is 0. The number of carbonyl (C=O) groups excluding carboxylic acids is 3. The van der Waals surface area contributed by atoms with Gasteiger partial charge >= 0.3 is 5.97 Å². The molecule has 8 nitrogen and oxygen atoms in total. The van der Waals surface area contributed by atoms with E-state index in [1.165, 1.54) is 4.90 Å². The van der Waals surface area contributed by atoms with Crippen LogP contribution in [0.3, 0.4) is 0 Å². The molecule has 1 aliphatic carbocycles. The number of carboxylic acids is 1.